The molecule has 0 saturated heterocycles. The van der Waals surface area contributed by atoms with E-state index in [1.54, 1.807) is 0 Å². The molecule has 0 bridgehead atoms. The molecule has 1 rings (SSSR count). The van der Waals surface area contributed by atoms with Gasteiger partial charge in [0.15, 0.2) is 5.78 Å². The van der Waals surface area contributed by atoms with Crippen molar-refractivity contribution in [3.05, 3.63) is 0 Å². The van der Waals surface area contributed by atoms with E-state index in [0.29, 0.717) is 18.4 Å². The Morgan fingerprint density at radius 1 is 1.29 bits per heavy atom. The van der Waals surface area contributed by atoms with Crippen molar-refractivity contribution in [3.63, 3.8) is 0 Å². The number of ether oxygens (including phenoxy) is 1. The Bertz CT molecular complexity index is 192. The first kappa shape index (κ1) is 11.7. The van der Waals surface area contributed by atoms with E-state index in [-0.39, 0.29) is 17.8 Å². The van der Waals surface area contributed by atoms with E-state index in [1.807, 2.05) is 13.8 Å². The highest BCUT2D eigenvalue weighted by molar-refractivity contribution is 5.85. The number of Topliss-reactive ketones (excluding diaryl/α,β-unsaturated/α-hetero) is 1. The molecule has 0 N–H and O–H groups in total. The van der Waals surface area contributed by atoms with E-state index < -0.39 is 0 Å². The first-order valence-corrected chi connectivity index (χ1v) is 5.67. The molecule has 0 aliphatic heterocycles. The summed E-state index contributed by atoms with van der Waals surface area (Å²) in [4.78, 5) is 11.8. The molecule has 1 aliphatic carbocycles. The highest BCUT2D eigenvalue weighted by Gasteiger charge is 2.37. The molecule has 0 heterocycles. The van der Waals surface area contributed by atoms with Crippen LogP contribution in [0.15, 0.2) is 0 Å². The van der Waals surface area contributed by atoms with Crippen molar-refractivity contribution in [2.45, 2.75) is 46.6 Å². The maximum absolute atomic E-state index is 11.8. The molecule has 1 atom stereocenters. The maximum Gasteiger partial charge on any atom is 0.164 e. The Morgan fingerprint density at radius 3 is 2.21 bits per heavy atom. The molecule has 0 unspecified atom stereocenters. The molecule has 82 valence electrons. The fourth-order valence-corrected chi connectivity index (χ4v) is 1.47. The standard InChI is InChI=1S/C12H22O2/c1-8(2)7-14-12(10-5-6-10)11(13)9(3)4/h8-10,12H,5-7H2,1-4H3/t12-/m1/s1. The largest absolute Gasteiger partial charge is 0.370 e. The normalized spacial score (nSPS) is 19.0. The fraction of sp³-hybridized carbons (Fsp3) is 0.917. The van der Waals surface area contributed by atoms with Gasteiger partial charge in [0.1, 0.15) is 6.10 Å². The van der Waals surface area contributed by atoms with Gasteiger partial charge in [0.05, 0.1) is 0 Å². The lowest BCUT2D eigenvalue weighted by Crippen LogP contribution is -2.31. The predicted octanol–water partition coefficient (Wildman–Crippen LogP) is 2.66. The van der Waals surface area contributed by atoms with Crippen LogP contribution in [0.5, 0.6) is 0 Å². The van der Waals surface area contributed by atoms with E-state index in [2.05, 4.69) is 13.8 Å². The summed E-state index contributed by atoms with van der Waals surface area (Å²) in [5.41, 5.74) is 0. The minimum atomic E-state index is -0.114. The van der Waals surface area contributed by atoms with Crippen molar-refractivity contribution in [1.82, 2.24) is 0 Å². The summed E-state index contributed by atoms with van der Waals surface area (Å²) >= 11 is 0. The third kappa shape index (κ3) is 3.41. The van der Waals surface area contributed by atoms with E-state index in [1.165, 1.54) is 12.8 Å². The second kappa shape index (κ2) is 4.92. The van der Waals surface area contributed by atoms with E-state index >= 15 is 0 Å². The molecule has 0 spiro atoms. The summed E-state index contributed by atoms with van der Waals surface area (Å²) in [7, 11) is 0. The number of hydrogen-bond acceptors (Lipinski definition) is 2. The molecule has 0 aromatic rings. The highest BCUT2D eigenvalue weighted by Crippen LogP contribution is 2.35. The summed E-state index contributed by atoms with van der Waals surface area (Å²) in [6.07, 6.45) is 2.22. The van der Waals surface area contributed by atoms with Crippen LogP contribution in [-0.4, -0.2) is 18.5 Å². The van der Waals surface area contributed by atoms with E-state index in [9.17, 15) is 4.79 Å². The van der Waals surface area contributed by atoms with Crippen LogP contribution in [0.25, 0.3) is 0 Å². The summed E-state index contributed by atoms with van der Waals surface area (Å²) in [6, 6.07) is 0. The van der Waals surface area contributed by atoms with Crippen molar-refractivity contribution in [3.8, 4) is 0 Å². The number of rotatable bonds is 6. The third-order valence-corrected chi connectivity index (χ3v) is 2.51. The van der Waals surface area contributed by atoms with Gasteiger partial charge in [-0.15, -0.1) is 0 Å². The minimum absolute atomic E-state index is 0.104. The van der Waals surface area contributed by atoms with Crippen LogP contribution >= 0.6 is 0 Å². The summed E-state index contributed by atoms with van der Waals surface area (Å²) in [6.45, 7) is 8.85. The second-order valence-electron chi connectivity index (χ2n) is 5.04. The summed E-state index contributed by atoms with van der Waals surface area (Å²) in [5.74, 6) is 1.42. The zero-order chi connectivity index (χ0) is 10.7. The number of hydrogen-bond donors (Lipinski definition) is 0. The maximum atomic E-state index is 11.8. The van der Waals surface area contributed by atoms with E-state index in [0.717, 1.165) is 0 Å². The average molecular weight is 198 g/mol. The van der Waals surface area contributed by atoms with Gasteiger partial charge in [-0.2, -0.15) is 0 Å². The monoisotopic (exact) mass is 198 g/mol. The first-order valence-electron chi connectivity index (χ1n) is 5.67. The smallest absolute Gasteiger partial charge is 0.164 e. The van der Waals surface area contributed by atoms with Crippen LogP contribution in [0.1, 0.15) is 40.5 Å². The van der Waals surface area contributed by atoms with Gasteiger partial charge in [-0.25, -0.2) is 0 Å². The molecule has 0 radical (unpaired) electrons. The number of ketones is 1. The van der Waals surface area contributed by atoms with Crippen molar-refractivity contribution in [2.75, 3.05) is 6.61 Å². The average Bonchev–Trinajstić information content (AvgIpc) is 2.87. The van der Waals surface area contributed by atoms with Crippen LogP contribution < -0.4 is 0 Å². The predicted molar refractivity (Wildman–Crippen MR) is 57.1 cm³/mol. The zero-order valence-electron chi connectivity index (χ0n) is 9.75. The van der Waals surface area contributed by atoms with Gasteiger partial charge in [0.2, 0.25) is 0 Å². The van der Waals surface area contributed by atoms with Crippen LogP contribution in [0.2, 0.25) is 0 Å². The number of carbonyl (C=O) groups excluding carboxylic acids is 1. The molecule has 2 nitrogen and oxygen atoms in total. The van der Waals surface area contributed by atoms with Crippen molar-refractivity contribution in [1.29, 1.82) is 0 Å². The number of carbonyl (C=O) groups is 1. The van der Waals surface area contributed by atoms with Crippen LogP contribution in [0, 0.1) is 17.8 Å². The Kier molecular flexibility index (Phi) is 4.11. The van der Waals surface area contributed by atoms with E-state index in [4.69, 9.17) is 4.74 Å². The molecule has 14 heavy (non-hydrogen) atoms. The lowest BCUT2D eigenvalue weighted by atomic mass is 10.0. The Morgan fingerprint density at radius 2 is 1.86 bits per heavy atom. The lowest BCUT2D eigenvalue weighted by Gasteiger charge is -2.19. The minimum Gasteiger partial charge on any atom is -0.370 e. The highest BCUT2D eigenvalue weighted by atomic mass is 16.5. The molecule has 1 fully saturated rings. The second-order valence-corrected chi connectivity index (χ2v) is 5.04. The van der Waals surface area contributed by atoms with Gasteiger partial charge >= 0.3 is 0 Å². The Labute approximate surface area is 87.0 Å². The molecule has 1 saturated carbocycles. The van der Waals surface area contributed by atoms with Crippen molar-refractivity contribution < 1.29 is 9.53 Å². The van der Waals surface area contributed by atoms with Crippen LogP contribution in [0.3, 0.4) is 0 Å². The van der Waals surface area contributed by atoms with Gasteiger partial charge in [-0.3, -0.25) is 4.79 Å². The van der Waals surface area contributed by atoms with Gasteiger partial charge in [0.25, 0.3) is 0 Å². The molecule has 2 heteroatoms. The molecule has 0 amide bonds. The third-order valence-electron chi connectivity index (χ3n) is 2.51. The first-order chi connectivity index (χ1) is 6.52. The molecular formula is C12H22O2. The summed E-state index contributed by atoms with van der Waals surface area (Å²) < 4.78 is 5.70. The SMILES string of the molecule is CC(C)CO[C@@H](C(=O)C(C)C)C1CC1. The van der Waals surface area contributed by atoms with Gasteiger partial charge in [-0.1, -0.05) is 27.7 Å². The molecular weight excluding hydrogens is 176 g/mol. The van der Waals surface area contributed by atoms with Crippen LogP contribution in [-0.2, 0) is 9.53 Å². The van der Waals surface area contributed by atoms with Gasteiger partial charge < -0.3 is 4.74 Å². The lowest BCUT2D eigenvalue weighted by molar-refractivity contribution is -0.135. The van der Waals surface area contributed by atoms with Gasteiger partial charge in [0, 0.05) is 12.5 Å². The van der Waals surface area contributed by atoms with Crippen LogP contribution in [0.4, 0.5) is 0 Å². The zero-order valence-corrected chi connectivity index (χ0v) is 9.75. The summed E-state index contributed by atoms with van der Waals surface area (Å²) in [5, 5.41) is 0. The van der Waals surface area contributed by atoms with Crippen molar-refractivity contribution in [2.24, 2.45) is 17.8 Å². The topological polar surface area (TPSA) is 26.3 Å². The fourth-order valence-electron chi connectivity index (χ4n) is 1.47. The van der Waals surface area contributed by atoms with Gasteiger partial charge in [-0.05, 0) is 24.7 Å². The van der Waals surface area contributed by atoms with Crippen molar-refractivity contribution >= 4 is 5.78 Å². The Hall–Kier alpha value is -0.370. The quantitative estimate of drug-likeness (QED) is 0.656. The Balaban J connectivity index is 2.42. The molecule has 0 aromatic heterocycles. The molecule has 1 aliphatic rings. The molecule has 0 aromatic carbocycles.